The van der Waals surface area contributed by atoms with Crippen molar-refractivity contribution in [2.45, 2.75) is 20.8 Å². The first-order chi connectivity index (χ1) is 10.7. The number of benzene rings is 1. The molecule has 0 atom stereocenters. The lowest BCUT2D eigenvalue weighted by Crippen LogP contribution is -2.41. The van der Waals surface area contributed by atoms with Crippen LogP contribution in [0.15, 0.2) is 18.2 Å². The molecule has 0 bridgehead atoms. The number of urea groups is 1. The molecule has 7 nitrogen and oxygen atoms in total. The summed E-state index contributed by atoms with van der Waals surface area (Å²) in [6.45, 7) is 7.73. The minimum atomic E-state index is -0.442. The van der Waals surface area contributed by atoms with E-state index < -0.39 is 4.92 Å². The van der Waals surface area contributed by atoms with Crippen molar-refractivity contribution < 1.29 is 9.72 Å². The molecule has 0 saturated carbocycles. The number of amides is 2. The zero-order chi connectivity index (χ0) is 17.6. The van der Waals surface area contributed by atoms with Crippen molar-refractivity contribution in [1.29, 1.82) is 0 Å². The Morgan fingerprint density at radius 3 is 2.48 bits per heavy atom. The van der Waals surface area contributed by atoms with Gasteiger partial charge in [-0.1, -0.05) is 19.9 Å². The molecule has 23 heavy (non-hydrogen) atoms. The predicted octanol–water partition coefficient (Wildman–Crippen LogP) is 2.95. The number of likely N-dealkylation sites (N-methyl/N-ethyl adjacent to an activating group) is 1. The molecular formula is C16H26N4O3. The van der Waals surface area contributed by atoms with Crippen molar-refractivity contribution in [2.24, 2.45) is 5.92 Å². The minimum absolute atomic E-state index is 0.00602. The molecule has 1 aromatic carbocycles. The zero-order valence-corrected chi connectivity index (χ0v) is 14.5. The Bertz CT molecular complexity index is 558. The van der Waals surface area contributed by atoms with Gasteiger partial charge in [-0.2, -0.15) is 0 Å². The Balaban J connectivity index is 2.89. The van der Waals surface area contributed by atoms with Gasteiger partial charge < -0.3 is 15.1 Å². The summed E-state index contributed by atoms with van der Waals surface area (Å²) >= 11 is 0. The van der Waals surface area contributed by atoms with Crippen LogP contribution in [0, 0.1) is 23.0 Å². The first-order valence-corrected chi connectivity index (χ1v) is 7.67. The number of rotatable bonds is 7. The van der Waals surface area contributed by atoms with Gasteiger partial charge in [-0.05, 0) is 33.0 Å². The second-order valence-electron chi connectivity index (χ2n) is 6.28. The van der Waals surface area contributed by atoms with Crippen LogP contribution in [0.1, 0.15) is 19.4 Å². The van der Waals surface area contributed by atoms with Crippen LogP contribution in [0.3, 0.4) is 0 Å². The Morgan fingerprint density at radius 1 is 1.30 bits per heavy atom. The van der Waals surface area contributed by atoms with Crippen LogP contribution in [0.5, 0.6) is 0 Å². The van der Waals surface area contributed by atoms with Crippen LogP contribution in [0.2, 0.25) is 0 Å². The van der Waals surface area contributed by atoms with Crippen molar-refractivity contribution >= 4 is 17.4 Å². The number of hydrogen-bond acceptors (Lipinski definition) is 4. The largest absolute Gasteiger partial charge is 0.323 e. The Morgan fingerprint density at radius 2 is 1.96 bits per heavy atom. The number of anilines is 1. The third-order valence-corrected chi connectivity index (χ3v) is 3.43. The highest BCUT2D eigenvalue weighted by Crippen LogP contribution is 2.25. The molecule has 0 fully saturated rings. The molecule has 7 heteroatoms. The lowest BCUT2D eigenvalue weighted by molar-refractivity contribution is -0.385. The van der Waals surface area contributed by atoms with Gasteiger partial charge in [0.15, 0.2) is 0 Å². The fraction of sp³-hybridized carbons (Fsp3) is 0.562. The molecule has 0 aliphatic rings. The predicted molar refractivity (Wildman–Crippen MR) is 91.8 cm³/mol. The van der Waals surface area contributed by atoms with Crippen molar-refractivity contribution in [2.75, 3.05) is 39.0 Å². The molecule has 0 aromatic heterocycles. The maximum Gasteiger partial charge on any atom is 0.321 e. The summed E-state index contributed by atoms with van der Waals surface area (Å²) < 4.78 is 0. The van der Waals surface area contributed by atoms with Gasteiger partial charge in [-0.15, -0.1) is 0 Å². The van der Waals surface area contributed by atoms with Crippen LogP contribution in [-0.4, -0.2) is 54.5 Å². The summed E-state index contributed by atoms with van der Waals surface area (Å²) in [6.07, 6.45) is 0. The highest BCUT2D eigenvalue weighted by molar-refractivity contribution is 5.90. The third kappa shape index (κ3) is 5.86. The van der Waals surface area contributed by atoms with Gasteiger partial charge in [-0.3, -0.25) is 10.1 Å². The van der Waals surface area contributed by atoms with Gasteiger partial charge in [0.25, 0.3) is 5.69 Å². The van der Waals surface area contributed by atoms with E-state index in [1.807, 2.05) is 19.0 Å². The van der Waals surface area contributed by atoms with E-state index in [1.165, 1.54) is 6.07 Å². The molecule has 0 aliphatic carbocycles. The molecule has 0 heterocycles. The maximum absolute atomic E-state index is 12.5. The number of nitro groups is 1. The molecule has 0 spiro atoms. The molecule has 1 aromatic rings. The van der Waals surface area contributed by atoms with Crippen LogP contribution < -0.4 is 5.32 Å². The van der Waals surface area contributed by atoms with Crippen molar-refractivity contribution in [3.05, 3.63) is 33.9 Å². The zero-order valence-electron chi connectivity index (χ0n) is 14.5. The Hall–Kier alpha value is -2.15. The number of carbonyl (C=O) groups excluding carboxylic acids is 1. The summed E-state index contributed by atoms with van der Waals surface area (Å²) in [7, 11) is 3.91. The number of nitrogens with one attached hydrogen (secondary N) is 1. The summed E-state index contributed by atoms with van der Waals surface area (Å²) in [5.74, 6) is 0.342. The van der Waals surface area contributed by atoms with Gasteiger partial charge in [0.1, 0.15) is 0 Å². The molecule has 0 aliphatic heterocycles. The summed E-state index contributed by atoms with van der Waals surface area (Å²) in [5.41, 5.74) is 0.942. The van der Waals surface area contributed by atoms with Crippen LogP contribution >= 0.6 is 0 Å². The second kappa shape index (κ2) is 8.47. The number of nitro benzene ring substituents is 1. The Labute approximate surface area is 137 Å². The second-order valence-corrected chi connectivity index (χ2v) is 6.28. The quantitative estimate of drug-likeness (QED) is 0.618. The SMILES string of the molecule is Cc1c(NC(=O)N(CCN(C)C)CC(C)C)cccc1[N+](=O)[O-]. The molecule has 128 valence electrons. The first-order valence-electron chi connectivity index (χ1n) is 7.67. The minimum Gasteiger partial charge on any atom is -0.323 e. The van der Waals surface area contributed by atoms with E-state index in [0.717, 1.165) is 6.54 Å². The van der Waals surface area contributed by atoms with E-state index in [9.17, 15) is 14.9 Å². The van der Waals surface area contributed by atoms with Gasteiger partial charge >= 0.3 is 6.03 Å². The van der Waals surface area contributed by atoms with Crippen molar-refractivity contribution in [3.8, 4) is 0 Å². The van der Waals surface area contributed by atoms with E-state index in [2.05, 4.69) is 19.2 Å². The van der Waals surface area contributed by atoms with Crippen molar-refractivity contribution in [1.82, 2.24) is 9.80 Å². The molecule has 0 radical (unpaired) electrons. The number of nitrogens with zero attached hydrogens (tertiary/aromatic N) is 3. The molecule has 1 rings (SSSR count). The molecular weight excluding hydrogens is 296 g/mol. The normalized spacial score (nSPS) is 10.9. The number of carbonyl (C=O) groups is 1. The highest BCUT2D eigenvalue weighted by Gasteiger charge is 2.19. The van der Waals surface area contributed by atoms with E-state index in [4.69, 9.17) is 0 Å². The smallest absolute Gasteiger partial charge is 0.321 e. The van der Waals surface area contributed by atoms with Crippen LogP contribution in [0.25, 0.3) is 0 Å². The Kier molecular flexibility index (Phi) is 6.96. The van der Waals surface area contributed by atoms with E-state index in [0.29, 0.717) is 30.3 Å². The van der Waals surface area contributed by atoms with Gasteiger partial charge in [0, 0.05) is 25.7 Å². The molecule has 0 saturated heterocycles. The summed E-state index contributed by atoms with van der Waals surface area (Å²) in [5, 5.41) is 13.8. The average molecular weight is 322 g/mol. The fourth-order valence-corrected chi connectivity index (χ4v) is 2.19. The van der Waals surface area contributed by atoms with Gasteiger partial charge in [-0.25, -0.2) is 4.79 Å². The van der Waals surface area contributed by atoms with E-state index >= 15 is 0 Å². The van der Waals surface area contributed by atoms with E-state index in [-0.39, 0.29) is 11.7 Å². The van der Waals surface area contributed by atoms with Gasteiger partial charge in [0.05, 0.1) is 16.2 Å². The highest BCUT2D eigenvalue weighted by atomic mass is 16.6. The summed E-state index contributed by atoms with van der Waals surface area (Å²) in [4.78, 5) is 26.8. The topological polar surface area (TPSA) is 78.7 Å². The average Bonchev–Trinajstić information content (AvgIpc) is 2.44. The fourth-order valence-electron chi connectivity index (χ4n) is 2.19. The van der Waals surface area contributed by atoms with Crippen molar-refractivity contribution in [3.63, 3.8) is 0 Å². The first kappa shape index (κ1) is 18.9. The van der Waals surface area contributed by atoms with Crippen LogP contribution in [0.4, 0.5) is 16.2 Å². The molecule has 2 amide bonds. The standard InChI is InChI=1S/C16H26N4O3/c1-12(2)11-19(10-9-18(4)5)16(21)17-14-7-6-8-15(13(14)3)20(22)23/h6-8,12H,9-11H2,1-5H3,(H,17,21). The monoisotopic (exact) mass is 322 g/mol. The van der Waals surface area contributed by atoms with Crippen LogP contribution in [-0.2, 0) is 0 Å². The third-order valence-electron chi connectivity index (χ3n) is 3.43. The lowest BCUT2D eigenvalue weighted by Gasteiger charge is -2.26. The number of hydrogen-bond donors (Lipinski definition) is 1. The molecule has 1 N–H and O–H groups in total. The van der Waals surface area contributed by atoms with Gasteiger partial charge in [0.2, 0.25) is 0 Å². The lowest BCUT2D eigenvalue weighted by atomic mass is 10.1. The summed E-state index contributed by atoms with van der Waals surface area (Å²) in [6, 6.07) is 4.46. The maximum atomic E-state index is 12.5. The molecule has 0 unspecified atom stereocenters. The van der Waals surface area contributed by atoms with E-state index in [1.54, 1.807) is 24.0 Å².